The summed E-state index contributed by atoms with van der Waals surface area (Å²) in [6.07, 6.45) is 4.81. The van der Waals surface area contributed by atoms with Crippen molar-refractivity contribution in [2.24, 2.45) is 5.10 Å². The van der Waals surface area contributed by atoms with E-state index >= 15 is 0 Å². The molecule has 0 saturated carbocycles. The molecule has 0 bridgehead atoms. The molecule has 0 atom stereocenters. The van der Waals surface area contributed by atoms with Gasteiger partial charge in [0.15, 0.2) is 5.11 Å². The Balaban J connectivity index is 1.88. The summed E-state index contributed by atoms with van der Waals surface area (Å²) in [7, 11) is 1.73. The number of nitrogens with one attached hydrogen (secondary N) is 1. The standard InChI is InChI=1S/C18H18N4O2S/c1-21(18(25)19-14-15-8-3-2-4-9-15)20-13-7-11-16-10-5-6-12-17(16)22(23)24/h2-13H,14H2,1H3,(H,19,25)/b11-7+,20-13-. The second-order valence-electron chi connectivity index (χ2n) is 5.11. The van der Waals surface area contributed by atoms with Gasteiger partial charge in [-0.3, -0.25) is 10.1 Å². The van der Waals surface area contributed by atoms with E-state index in [1.54, 1.807) is 37.4 Å². The molecule has 0 saturated heterocycles. The monoisotopic (exact) mass is 354 g/mol. The van der Waals surface area contributed by atoms with Gasteiger partial charge in [0.2, 0.25) is 0 Å². The predicted molar refractivity (Wildman–Crippen MR) is 104 cm³/mol. The third-order valence-electron chi connectivity index (χ3n) is 3.32. The van der Waals surface area contributed by atoms with Crippen molar-refractivity contribution in [2.75, 3.05) is 7.05 Å². The summed E-state index contributed by atoms with van der Waals surface area (Å²) in [5.74, 6) is 0. The summed E-state index contributed by atoms with van der Waals surface area (Å²) < 4.78 is 0. The van der Waals surface area contributed by atoms with Gasteiger partial charge in [0.1, 0.15) is 0 Å². The Hall–Kier alpha value is -3.06. The van der Waals surface area contributed by atoms with Crippen molar-refractivity contribution in [3.8, 4) is 0 Å². The summed E-state index contributed by atoms with van der Waals surface area (Å²) in [5, 5.41) is 20.2. The van der Waals surface area contributed by atoms with Crippen molar-refractivity contribution in [3.63, 3.8) is 0 Å². The number of nitro benzene ring substituents is 1. The lowest BCUT2D eigenvalue weighted by molar-refractivity contribution is -0.385. The maximum atomic E-state index is 10.9. The van der Waals surface area contributed by atoms with Crippen molar-refractivity contribution in [1.82, 2.24) is 10.3 Å². The molecular weight excluding hydrogens is 336 g/mol. The quantitative estimate of drug-likeness (QED) is 0.371. The Labute approximate surface area is 151 Å². The first-order chi connectivity index (χ1) is 12.1. The van der Waals surface area contributed by atoms with E-state index < -0.39 is 4.92 Å². The topological polar surface area (TPSA) is 70.8 Å². The Morgan fingerprint density at radius 1 is 1.24 bits per heavy atom. The molecule has 0 heterocycles. The highest BCUT2D eigenvalue weighted by Crippen LogP contribution is 2.18. The van der Waals surface area contributed by atoms with Gasteiger partial charge in [-0.1, -0.05) is 42.5 Å². The first kappa shape index (κ1) is 18.3. The summed E-state index contributed by atoms with van der Waals surface area (Å²) in [5.41, 5.74) is 1.70. The molecule has 0 aromatic heterocycles. The predicted octanol–water partition coefficient (Wildman–Crippen LogP) is 3.60. The average molecular weight is 354 g/mol. The Kier molecular flexibility index (Phi) is 6.79. The van der Waals surface area contributed by atoms with Crippen LogP contribution in [0.25, 0.3) is 6.08 Å². The van der Waals surface area contributed by atoms with E-state index in [0.29, 0.717) is 17.2 Å². The van der Waals surface area contributed by atoms with Gasteiger partial charge in [0.05, 0.1) is 10.5 Å². The van der Waals surface area contributed by atoms with Crippen LogP contribution in [0.5, 0.6) is 0 Å². The van der Waals surface area contributed by atoms with Crippen LogP contribution in [-0.4, -0.2) is 28.3 Å². The molecule has 0 spiro atoms. The maximum absolute atomic E-state index is 10.9. The molecule has 0 aliphatic carbocycles. The Morgan fingerprint density at radius 3 is 2.64 bits per heavy atom. The van der Waals surface area contributed by atoms with Crippen LogP contribution in [0.2, 0.25) is 0 Å². The Morgan fingerprint density at radius 2 is 1.92 bits per heavy atom. The van der Waals surface area contributed by atoms with Crippen LogP contribution in [0, 0.1) is 10.1 Å². The zero-order valence-corrected chi connectivity index (χ0v) is 14.5. The first-order valence-electron chi connectivity index (χ1n) is 7.57. The highest BCUT2D eigenvalue weighted by atomic mass is 32.1. The highest BCUT2D eigenvalue weighted by Gasteiger charge is 2.08. The molecule has 6 nitrogen and oxygen atoms in total. The van der Waals surface area contributed by atoms with Crippen LogP contribution in [0.4, 0.5) is 5.69 Å². The maximum Gasteiger partial charge on any atom is 0.276 e. The molecule has 0 aliphatic rings. The number of hydrazone groups is 1. The molecule has 25 heavy (non-hydrogen) atoms. The van der Waals surface area contributed by atoms with Crippen LogP contribution < -0.4 is 5.32 Å². The summed E-state index contributed by atoms with van der Waals surface area (Å²) in [6.45, 7) is 0.617. The fraction of sp³-hybridized carbons (Fsp3) is 0.111. The molecule has 2 aromatic rings. The van der Waals surface area contributed by atoms with Crippen molar-refractivity contribution in [3.05, 3.63) is 81.9 Å². The lowest BCUT2D eigenvalue weighted by atomic mass is 10.2. The van der Waals surface area contributed by atoms with E-state index in [0.717, 1.165) is 5.56 Å². The van der Waals surface area contributed by atoms with Crippen molar-refractivity contribution in [2.45, 2.75) is 6.54 Å². The molecular formula is C18H18N4O2S. The number of hydrogen-bond donors (Lipinski definition) is 1. The number of allylic oxidation sites excluding steroid dienone is 1. The molecule has 0 radical (unpaired) electrons. The summed E-state index contributed by atoms with van der Waals surface area (Å²) >= 11 is 5.26. The molecule has 2 aromatic carbocycles. The lowest BCUT2D eigenvalue weighted by Gasteiger charge is -2.15. The normalized spacial score (nSPS) is 10.9. The van der Waals surface area contributed by atoms with Gasteiger partial charge in [0.25, 0.3) is 5.69 Å². The van der Waals surface area contributed by atoms with E-state index in [1.807, 2.05) is 30.3 Å². The molecule has 2 rings (SSSR count). The van der Waals surface area contributed by atoms with Gasteiger partial charge >= 0.3 is 0 Å². The van der Waals surface area contributed by atoms with Crippen molar-refractivity contribution >= 4 is 35.3 Å². The molecule has 0 amide bonds. The minimum absolute atomic E-state index is 0.0561. The number of hydrogen-bond acceptors (Lipinski definition) is 4. The zero-order valence-electron chi connectivity index (χ0n) is 13.7. The fourth-order valence-electron chi connectivity index (χ4n) is 2.02. The van der Waals surface area contributed by atoms with E-state index in [1.165, 1.54) is 17.3 Å². The first-order valence-corrected chi connectivity index (χ1v) is 7.98. The molecule has 0 aliphatic heterocycles. The Bertz CT molecular complexity index is 791. The SMILES string of the molecule is CN(/N=C\C=C\c1ccccc1[N+](=O)[O-])C(=S)NCc1ccccc1. The number of thiocarbonyl (C=S) groups is 1. The number of nitrogens with zero attached hydrogens (tertiary/aromatic N) is 3. The largest absolute Gasteiger partial charge is 0.357 e. The smallest absolute Gasteiger partial charge is 0.276 e. The molecule has 0 unspecified atom stereocenters. The van der Waals surface area contributed by atoms with Gasteiger partial charge < -0.3 is 5.32 Å². The van der Waals surface area contributed by atoms with Crippen LogP contribution in [0.1, 0.15) is 11.1 Å². The number of para-hydroxylation sites is 1. The molecule has 0 fully saturated rings. The van der Waals surface area contributed by atoms with Crippen LogP contribution in [0.15, 0.2) is 65.8 Å². The van der Waals surface area contributed by atoms with Crippen LogP contribution in [-0.2, 0) is 6.54 Å². The number of nitro groups is 1. The zero-order chi connectivity index (χ0) is 18.1. The van der Waals surface area contributed by atoms with Gasteiger partial charge in [-0.25, -0.2) is 5.01 Å². The minimum atomic E-state index is -0.411. The lowest BCUT2D eigenvalue weighted by Crippen LogP contribution is -2.33. The van der Waals surface area contributed by atoms with E-state index in [9.17, 15) is 10.1 Å². The molecule has 128 valence electrons. The van der Waals surface area contributed by atoms with Gasteiger partial charge in [-0.15, -0.1) is 0 Å². The molecule has 7 heteroatoms. The summed E-state index contributed by atoms with van der Waals surface area (Å²) in [6, 6.07) is 16.4. The van der Waals surface area contributed by atoms with Crippen LogP contribution >= 0.6 is 12.2 Å². The van der Waals surface area contributed by atoms with Gasteiger partial charge in [-0.2, -0.15) is 5.10 Å². The summed E-state index contributed by atoms with van der Waals surface area (Å²) in [4.78, 5) is 10.5. The number of rotatable bonds is 6. The third kappa shape index (κ3) is 5.82. The van der Waals surface area contributed by atoms with Crippen LogP contribution in [0.3, 0.4) is 0 Å². The fourth-order valence-corrected chi connectivity index (χ4v) is 2.14. The highest BCUT2D eigenvalue weighted by molar-refractivity contribution is 7.80. The van der Waals surface area contributed by atoms with Crippen molar-refractivity contribution in [1.29, 1.82) is 0 Å². The minimum Gasteiger partial charge on any atom is -0.357 e. The molecule has 1 N–H and O–H groups in total. The van der Waals surface area contributed by atoms with E-state index in [-0.39, 0.29) is 5.69 Å². The second-order valence-corrected chi connectivity index (χ2v) is 5.49. The van der Waals surface area contributed by atoms with E-state index in [2.05, 4.69) is 10.4 Å². The second kappa shape index (κ2) is 9.29. The van der Waals surface area contributed by atoms with Gasteiger partial charge in [0, 0.05) is 25.9 Å². The third-order valence-corrected chi connectivity index (χ3v) is 3.72. The van der Waals surface area contributed by atoms with E-state index in [4.69, 9.17) is 12.2 Å². The number of benzene rings is 2. The van der Waals surface area contributed by atoms with Gasteiger partial charge in [-0.05, 0) is 36.0 Å². The average Bonchev–Trinajstić information content (AvgIpc) is 2.64. The van der Waals surface area contributed by atoms with Crippen molar-refractivity contribution < 1.29 is 4.92 Å².